The van der Waals surface area contributed by atoms with Crippen LogP contribution in [0.3, 0.4) is 0 Å². The average Bonchev–Trinajstić information content (AvgIpc) is 3.17. The largest absolute Gasteiger partial charge is 0.501 e. The minimum absolute atomic E-state index is 0.0383. The fourth-order valence-corrected chi connectivity index (χ4v) is 5.16. The van der Waals surface area contributed by atoms with Gasteiger partial charge >= 0.3 is 11.8 Å². The highest BCUT2D eigenvalue weighted by Gasteiger charge is 2.40. The molecule has 188 valence electrons. The first-order valence-electron chi connectivity index (χ1n) is 11.9. The van der Waals surface area contributed by atoms with Crippen LogP contribution >= 0.6 is 0 Å². The van der Waals surface area contributed by atoms with Crippen molar-refractivity contribution in [3.8, 4) is 17.3 Å². The number of nitrogens with zero attached hydrogens (tertiary/aromatic N) is 4. The number of aromatic hydroxyl groups is 1. The first kappa shape index (κ1) is 23.7. The number of H-pyrrole nitrogens is 1. The van der Waals surface area contributed by atoms with E-state index in [0.717, 1.165) is 12.0 Å². The number of nitrogens with one attached hydrogen (secondary N) is 2. The molecule has 3 N–H and O–H groups in total. The molecule has 1 fully saturated rings. The maximum atomic E-state index is 13.2. The Morgan fingerprint density at radius 3 is 2.72 bits per heavy atom. The third kappa shape index (κ3) is 4.36. The predicted molar refractivity (Wildman–Crippen MR) is 128 cm³/mol. The number of carbonyl (C=O) groups excluding carboxylic acids is 2. The van der Waals surface area contributed by atoms with Gasteiger partial charge in [-0.15, -0.1) is 0 Å². The van der Waals surface area contributed by atoms with E-state index < -0.39 is 23.1 Å². The normalized spacial score (nSPS) is 20.5. The predicted octanol–water partition coefficient (Wildman–Crippen LogP) is 1.54. The highest BCUT2D eigenvalue weighted by Crippen LogP contribution is 2.40. The van der Waals surface area contributed by atoms with Crippen molar-refractivity contribution in [2.75, 3.05) is 14.1 Å². The number of halogens is 1. The van der Waals surface area contributed by atoms with Crippen molar-refractivity contribution in [1.29, 1.82) is 0 Å². The number of likely N-dealkylation sites (N-methyl/N-ethyl adjacent to an activating group) is 1. The Hall–Kier alpha value is -4.02. The number of aromatic amines is 1. The number of hydrogen-bond donors (Lipinski definition) is 3. The van der Waals surface area contributed by atoms with Gasteiger partial charge in [-0.25, -0.2) is 14.4 Å². The molecule has 2 aliphatic heterocycles. The van der Waals surface area contributed by atoms with E-state index in [2.05, 4.69) is 20.3 Å². The molecule has 3 atom stereocenters. The van der Waals surface area contributed by atoms with Gasteiger partial charge in [0, 0.05) is 50.9 Å². The molecule has 10 nitrogen and oxygen atoms in total. The molecule has 0 spiro atoms. The summed E-state index contributed by atoms with van der Waals surface area (Å²) in [7, 11) is 3.03. The van der Waals surface area contributed by atoms with Gasteiger partial charge in [0.25, 0.3) is 5.56 Å². The van der Waals surface area contributed by atoms with Crippen LogP contribution in [0.25, 0.3) is 11.5 Å². The first-order valence-corrected chi connectivity index (χ1v) is 11.9. The summed E-state index contributed by atoms with van der Waals surface area (Å²) in [4.78, 5) is 51.1. The number of imidazole rings is 1. The van der Waals surface area contributed by atoms with E-state index in [4.69, 9.17) is 0 Å². The zero-order chi connectivity index (χ0) is 25.6. The molecule has 2 bridgehead atoms. The molecule has 4 heterocycles. The molecule has 1 aromatic carbocycles. The van der Waals surface area contributed by atoms with Crippen LogP contribution in [0.1, 0.15) is 42.3 Å². The lowest BCUT2D eigenvalue weighted by molar-refractivity contribution is -0.144. The van der Waals surface area contributed by atoms with Crippen LogP contribution in [0, 0.1) is 11.7 Å². The van der Waals surface area contributed by atoms with Crippen LogP contribution in [-0.4, -0.2) is 61.5 Å². The Labute approximate surface area is 206 Å². The Balaban J connectivity index is 1.47. The molecule has 0 saturated heterocycles. The Bertz CT molecular complexity index is 1380. The lowest BCUT2D eigenvalue weighted by Gasteiger charge is -2.32. The quantitative estimate of drug-likeness (QED) is 0.471. The highest BCUT2D eigenvalue weighted by atomic mass is 19.1. The van der Waals surface area contributed by atoms with E-state index in [9.17, 15) is 23.9 Å². The Morgan fingerprint density at radius 2 is 2.00 bits per heavy atom. The number of rotatable bonds is 4. The zero-order valence-electron chi connectivity index (χ0n) is 20.0. The van der Waals surface area contributed by atoms with E-state index in [1.807, 2.05) is 0 Å². The molecule has 1 saturated carbocycles. The second-order valence-corrected chi connectivity index (χ2v) is 9.71. The van der Waals surface area contributed by atoms with Crippen LogP contribution in [0.2, 0.25) is 0 Å². The van der Waals surface area contributed by atoms with Gasteiger partial charge in [-0.3, -0.25) is 19.0 Å². The third-order valence-corrected chi connectivity index (χ3v) is 6.98. The second-order valence-electron chi connectivity index (χ2n) is 9.71. The number of benzene rings is 1. The van der Waals surface area contributed by atoms with Gasteiger partial charge in [0.2, 0.25) is 5.75 Å². The third-order valence-electron chi connectivity index (χ3n) is 6.98. The fourth-order valence-electron chi connectivity index (χ4n) is 5.16. The van der Waals surface area contributed by atoms with Gasteiger partial charge < -0.3 is 20.3 Å². The zero-order valence-corrected chi connectivity index (χ0v) is 20.0. The standard InChI is InChI=1S/C25H27FN6O4/c1-31(2)25(36)23(34)29-18-10-14-5-8-17(18)22-30-19(20(33)24(35)32(22)12-14)21-27-11-16(28-21)9-13-3-6-15(26)7-4-13/h3-4,6-7,11,14,17-18,33H,5,8-10,12H2,1-2H3,(H,27,28)(H,29,34). The molecule has 36 heavy (non-hydrogen) atoms. The molecular formula is C25H27FN6O4. The maximum Gasteiger partial charge on any atom is 0.311 e. The summed E-state index contributed by atoms with van der Waals surface area (Å²) in [5.74, 6) is -1.62. The molecule has 3 aromatic rings. The molecule has 6 rings (SSSR count). The van der Waals surface area contributed by atoms with Gasteiger partial charge in [0.05, 0.1) is 0 Å². The number of fused-ring (bicyclic) bond motifs is 2. The topological polar surface area (TPSA) is 133 Å². The average molecular weight is 495 g/mol. The van der Waals surface area contributed by atoms with Gasteiger partial charge in [-0.1, -0.05) is 12.1 Å². The summed E-state index contributed by atoms with van der Waals surface area (Å²) >= 11 is 0. The van der Waals surface area contributed by atoms with Gasteiger partial charge in [0.15, 0.2) is 11.5 Å². The second kappa shape index (κ2) is 9.21. The molecule has 3 unspecified atom stereocenters. The number of aromatic nitrogens is 4. The molecule has 0 radical (unpaired) electrons. The summed E-state index contributed by atoms with van der Waals surface area (Å²) in [6, 6.07) is 5.75. The van der Waals surface area contributed by atoms with Crippen molar-refractivity contribution in [1.82, 2.24) is 29.7 Å². The summed E-state index contributed by atoms with van der Waals surface area (Å²) in [5, 5.41) is 13.6. The van der Waals surface area contributed by atoms with E-state index in [0.29, 0.717) is 37.3 Å². The smallest absolute Gasteiger partial charge is 0.311 e. The number of amides is 2. The van der Waals surface area contributed by atoms with Crippen molar-refractivity contribution in [2.24, 2.45) is 5.92 Å². The first-order chi connectivity index (χ1) is 17.2. The maximum absolute atomic E-state index is 13.2. The fraction of sp³-hybridized carbons (Fsp3) is 0.400. The van der Waals surface area contributed by atoms with Crippen LogP contribution in [0.5, 0.6) is 5.75 Å². The minimum atomic E-state index is -0.693. The highest BCUT2D eigenvalue weighted by molar-refractivity contribution is 6.34. The van der Waals surface area contributed by atoms with Crippen molar-refractivity contribution in [2.45, 2.75) is 44.2 Å². The SMILES string of the molecule is CN(C)C(=O)C(=O)NC1CC2CCC1c1nc(-c3ncc(Cc4ccc(F)cc4)[nH]3)c(O)c(=O)n1C2. The van der Waals surface area contributed by atoms with Crippen LogP contribution in [0.15, 0.2) is 35.3 Å². The van der Waals surface area contributed by atoms with E-state index >= 15 is 0 Å². The molecule has 11 heteroatoms. The summed E-state index contributed by atoms with van der Waals surface area (Å²) in [6.45, 7) is 0.382. The summed E-state index contributed by atoms with van der Waals surface area (Å²) in [6.07, 6.45) is 4.19. The molecule has 2 amide bonds. The van der Waals surface area contributed by atoms with Gasteiger partial charge in [-0.05, 0) is 42.9 Å². The van der Waals surface area contributed by atoms with E-state index in [-0.39, 0.29) is 35.2 Å². The van der Waals surface area contributed by atoms with Crippen molar-refractivity contribution >= 4 is 11.8 Å². The molecule has 3 aliphatic rings. The molecule has 1 aliphatic carbocycles. The lowest BCUT2D eigenvalue weighted by Crippen LogP contribution is -2.48. The molecule has 2 aromatic heterocycles. The van der Waals surface area contributed by atoms with Crippen molar-refractivity contribution < 1.29 is 19.1 Å². The van der Waals surface area contributed by atoms with Crippen molar-refractivity contribution in [3.63, 3.8) is 0 Å². The minimum Gasteiger partial charge on any atom is -0.501 e. The van der Waals surface area contributed by atoms with Crippen LogP contribution in [0.4, 0.5) is 4.39 Å². The van der Waals surface area contributed by atoms with Gasteiger partial charge in [0.1, 0.15) is 11.6 Å². The lowest BCUT2D eigenvalue weighted by atomic mass is 9.79. The summed E-state index contributed by atoms with van der Waals surface area (Å²) in [5.41, 5.74) is 1.06. The van der Waals surface area contributed by atoms with E-state index in [1.165, 1.54) is 35.7 Å². The summed E-state index contributed by atoms with van der Waals surface area (Å²) < 4.78 is 14.7. The van der Waals surface area contributed by atoms with Crippen LogP contribution in [-0.2, 0) is 22.6 Å². The number of hydrogen-bond acceptors (Lipinski definition) is 6. The Kier molecular flexibility index (Phi) is 6.07. The van der Waals surface area contributed by atoms with Gasteiger partial charge in [-0.2, -0.15) is 0 Å². The Morgan fingerprint density at radius 1 is 1.25 bits per heavy atom. The van der Waals surface area contributed by atoms with Crippen molar-refractivity contribution in [3.05, 3.63) is 63.7 Å². The number of carbonyl (C=O) groups is 2. The molecular weight excluding hydrogens is 467 g/mol. The van der Waals surface area contributed by atoms with E-state index in [1.54, 1.807) is 18.3 Å². The van der Waals surface area contributed by atoms with Crippen LogP contribution < -0.4 is 10.9 Å². The monoisotopic (exact) mass is 494 g/mol.